The van der Waals surface area contributed by atoms with Crippen molar-refractivity contribution >= 4 is 6.09 Å². The van der Waals surface area contributed by atoms with E-state index in [-0.39, 0.29) is 18.2 Å². The van der Waals surface area contributed by atoms with E-state index in [1.165, 1.54) is 0 Å². The molecule has 1 fully saturated rings. The maximum Gasteiger partial charge on any atom is 0.410 e. The van der Waals surface area contributed by atoms with Gasteiger partial charge >= 0.3 is 6.09 Å². The molecule has 0 aromatic heterocycles. The van der Waals surface area contributed by atoms with Gasteiger partial charge in [0.05, 0.1) is 12.1 Å². The number of methoxy groups -OCH3 is 1. The van der Waals surface area contributed by atoms with Crippen molar-refractivity contribution < 1.29 is 14.3 Å². The summed E-state index contributed by atoms with van der Waals surface area (Å²) in [5, 5.41) is 3.23. The number of carbonyl (C=O) groups excluding carboxylic acids is 1. The molecular weight excluding hydrogens is 220 g/mol. The number of likely N-dealkylation sites (N-methyl/N-ethyl adjacent to an activating group) is 1. The summed E-state index contributed by atoms with van der Waals surface area (Å²) in [6.07, 6.45) is -0.224. The smallest absolute Gasteiger partial charge is 0.410 e. The van der Waals surface area contributed by atoms with Gasteiger partial charge in [-0.05, 0) is 27.7 Å². The first kappa shape index (κ1) is 14.3. The number of nitrogens with one attached hydrogen (secondary N) is 1. The molecule has 17 heavy (non-hydrogen) atoms. The van der Waals surface area contributed by atoms with E-state index in [9.17, 15) is 4.79 Å². The molecule has 1 aliphatic rings. The van der Waals surface area contributed by atoms with Gasteiger partial charge in [-0.1, -0.05) is 0 Å². The molecule has 1 saturated heterocycles. The van der Waals surface area contributed by atoms with Crippen LogP contribution in [0.1, 0.15) is 27.7 Å². The Morgan fingerprint density at radius 3 is 2.53 bits per heavy atom. The van der Waals surface area contributed by atoms with Crippen LogP contribution in [0.4, 0.5) is 4.79 Å². The third-order valence-corrected chi connectivity index (χ3v) is 2.80. The van der Waals surface area contributed by atoms with Crippen molar-refractivity contribution in [3.63, 3.8) is 0 Å². The number of ether oxygens (including phenoxy) is 2. The lowest BCUT2D eigenvalue weighted by Gasteiger charge is -2.32. The summed E-state index contributed by atoms with van der Waals surface area (Å²) >= 11 is 0. The lowest BCUT2D eigenvalue weighted by Crippen LogP contribution is -2.49. The number of amides is 1. The molecule has 100 valence electrons. The molecule has 0 bridgehead atoms. The molecular formula is C12H24N2O3. The van der Waals surface area contributed by atoms with Gasteiger partial charge in [-0.2, -0.15) is 0 Å². The fraction of sp³-hybridized carbons (Fsp3) is 0.917. The number of nitrogens with zero attached hydrogens (tertiary/aromatic N) is 1. The minimum absolute atomic E-state index is 0.0440. The van der Waals surface area contributed by atoms with Crippen LogP contribution in [0.2, 0.25) is 0 Å². The average molecular weight is 244 g/mol. The van der Waals surface area contributed by atoms with E-state index in [2.05, 4.69) is 5.32 Å². The minimum Gasteiger partial charge on any atom is -0.444 e. The summed E-state index contributed by atoms with van der Waals surface area (Å²) < 4.78 is 10.8. The highest BCUT2D eigenvalue weighted by Gasteiger charge is 2.35. The largest absolute Gasteiger partial charge is 0.444 e. The molecule has 1 rings (SSSR count). The lowest BCUT2D eigenvalue weighted by molar-refractivity contribution is -0.00225. The van der Waals surface area contributed by atoms with E-state index >= 15 is 0 Å². The van der Waals surface area contributed by atoms with Crippen molar-refractivity contribution in [3.8, 4) is 0 Å². The molecule has 0 aromatic rings. The molecule has 1 N–H and O–H groups in total. The zero-order chi connectivity index (χ0) is 13.1. The lowest BCUT2D eigenvalue weighted by atomic mass is 10.2. The Kier molecular flexibility index (Phi) is 4.77. The van der Waals surface area contributed by atoms with Crippen LogP contribution in [0.3, 0.4) is 0 Å². The third kappa shape index (κ3) is 3.85. The summed E-state index contributed by atoms with van der Waals surface area (Å²) in [6, 6.07) is 0.0554. The van der Waals surface area contributed by atoms with Gasteiger partial charge in [0.2, 0.25) is 0 Å². The van der Waals surface area contributed by atoms with Gasteiger partial charge in [-0.15, -0.1) is 0 Å². The van der Waals surface area contributed by atoms with E-state index in [0.29, 0.717) is 6.54 Å². The van der Waals surface area contributed by atoms with Crippen LogP contribution in [0.15, 0.2) is 0 Å². The van der Waals surface area contributed by atoms with Crippen molar-refractivity contribution in [2.24, 2.45) is 0 Å². The Morgan fingerprint density at radius 2 is 2.06 bits per heavy atom. The molecule has 0 aliphatic carbocycles. The highest BCUT2D eigenvalue weighted by molar-refractivity contribution is 5.68. The molecule has 0 aromatic carbocycles. The maximum atomic E-state index is 12.1. The number of hydrogen-bond donors (Lipinski definition) is 1. The number of rotatable bonds is 3. The fourth-order valence-electron chi connectivity index (χ4n) is 2.01. The minimum atomic E-state index is -0.459. The van der Waals surface area contributed by atoms with E-state index in [0.717, 1.165) is 13.1 Å². The highest BCUT2D eigenvalue weighted by Crippen LogP contribution is 2.16. The highest BCUT2D eigenvalue weighted by atomic mass is 16.6. The van der Waals surface area contributed by atoms with Crippen LogP contribution in [0.25, 0.3) is 0 Å². The molecule has 0 unspecified atom stereocenters. The second-order valence-corrected chi connectivity index (χ2v) is 5.27. The van der Waals surface area contributed by atoms with Crippen LogP contribution in [-0.4, -0.2) is 55.5 Å². The molecule has 5 nitrogen and oxygen atoms in total. The molecule has 2 atom stereocenters. The van der Waals surface area contributed by atoms with Crippen LogP contribution < -0.4 is 5.32 Å². The molecule has 0 spiro atoms. The SMILES string of the molecule is CCN(C(=O)OC(C)(C)C)[C@@H]1CNC[C@H]1OC. The van der Waals surface area contributed by atoms with E-state index < -0.39 is 5.60 Å². The molecule has 1 aliphatic heterocycles. The average Bonchev–Trinajstić information content (AvgIpc) is 2.64. The monoisotopic (exact) mass is 244 g/mol. The maximum absolute atomic E-state index is 12.1. The Balaban J connectivity index is 2.67. The molecule has 0 radical (unpaired) electrons. The van der Waals surface area contributed by atoms with Crippen molar-refractivity contribution in [3.05, 3.63) is 0 Å². The molecule has 0 saturated carbocycles. The molecule has 1 amide bonds. The Hall–Kier alpha value is -0.810. The van der Waals surface area contributed by atoms with Gasteiger partial charge in [0, 0.05) is 26.7 Å². The van der Waals surface area contributed by atoms with Crippen LogP contribution in [-0.2, 0) is 9.47 Å². The van der Waals surface area contributed by atoms with Gasteiger partial charge in [-0.25, -0.2) is 4.79 Å². The zero-order valence-electron chi connectivity index (χ0n) is 11.4. The van der Waals surface area contributed by atoms with E-state index in [4.69, 9.17) is 9.47 Å². The van der Waals surface area contributed by atoms with Crippen molar-refractivity contribution in [2.45, 2.75) is 45.4 Å². The second-order valence-electron chi connectivity index (χ2n) is 5.27. The third-order valence-electron chi connectivity index (χ3n) is 2.80. The Morgan fingerprint density at radius 1 is 1.41 bits per heavy atom. The normalized spacial score (nSPS) is 24.8. The van der Waals surface area contributed by atoms with Crippen molar-refractivity contribution in [1.82, 2.24) is 10.2 Å². The summed E-state index contributed by atoms with van der Waals surface area (Å²) in [7, 11) is 1.67. The second kappa shape index (κ2) is 5.69. The topological polar surface area (TPSA) is 50.8 Å². The summed E-state index contributed by atoms with van der Waals surface area (Å²) in [5.74, 6) is 0. The van der Waals surface area contributed by atoms with Crippen LogP contribution in [0.5, 0.6) is 0 Å². The summed E-state index contributed by atoms with van der Waals surface area (Å²) in [5.41, 5.74) is -0.459. The Bertz CT molecular complexity index is 263. The predicted octanol–water partition coefficient (Wildman–Crippen LogP) is 1.23. The predicted molar refractivity (Wildman–Crippen MR) is 66.1 cm³/mol. The quantitative estimate of drug-likeness (QED) is 0.811. The first-order chi connectivity index (χ1) is 7.89. The van der Waals surface area contributed by atoms with Crippen LogP contribution in [0, 0.1) is 0 Å². The van der Waals surface area contributed by atoms with Gasteiger partial charge < -0.3 is 19.7 Å². The summed E-state index contributed by atoms with van der Waals surface area (Å²) in [6.45, 7) is 9.74. The number of carbonyl (C=O) groups is 1. The van der Waals surface area contributed by atoms with Gasteiger partial charge in [-0.3, -0.25) is 0 Å². The van der Waals surface area contributed by atoms with Gasteiger partial charge in [0.1, 0.15) is 5.60 Å². The van der Waals surface area contributed by atoms with Crippen molar-refractivity contribution in [1.29, 1.82) is 0 Å². The van der Waals surface area contributed by atoms with E-state index in [1.54, 1.807) is 12.0 Å². The number of hydrogen-bond acceptors (Lipinski definition) is 4. The van der Waals surface area contributed by atoms with Crippen molar-refractivity contribution in [2.75, 3.05) is 26.7 Å². The van der Waals surface area contributed by atoms with Gasteiger partial charge in [0.25, 0.3) is 0 Å². The van der Waals surface area contributed by atoms with E-state index in [1.807, 2.05) is 27.7 Å². The first-order valence-corrected chi connectivity index (χ1v) is 6.12. The summed E-state index contributed by atoms with van der Waals surface area (Å²) in [4.78, 5) is 13.8. The zero-order valence-corrected chi connectivity index (χ0v) is 11.4. The first-order valence-electron chi connectivity index (χ1n) is 6.12. The molecule has 5 heteroatoms. The van der Waals surface area contributed by atoms with Crippen LogP contribution >= 0.6 is 0 Å². The standard InChI is InChI=1S/C12H24N2O3/c1-6-14(11(15)17-12(2,3)4)9-7-13-8-10(9)16-5/h9-10,13H,6-8H2,1-5H3/t9-,10-/m1/s1. The fourth-order valence-corrected chi connectivity index (χ4v) is 2.01. The molecule has 1 heterocycles. The Labute approximate surface area is 103 Å². The van der Waals surface area contributed by atoms with Gasteiger partial charge in [0.15, 0.2) is 0 Å².